The molecule has 0 fully saturated rings. The quantitative estimate of drug-likeness (QED) is 0.370. The number of alkyl halides is 3. The number of rotatable bonds is 7. The second-order valence-electron chi connectivity index (χ2n) is 8.41. The van der Waals surface area contributed by atoms with Crippen LogP contribution in [0.4, 0.5) is 22.0 Å². The molecular weight excluding hydrogens is 479 g/mol. The van der Waals surface area contributed by atoms with Crippen molar-refractivity contribution in [3.63, 3.8) is 0 Å². The molecule has 3 aromatic carbocycles. The van der Waals surface area contributed by atoms with Gasteiger partial charge < -0.3 is 10.1 Å². The number of benzene rings is 3. The van der Waals surface area contributed by atoms with Crippen LogP contribution in [0, 0.1) is 17.6 Å². The number of halogens is 5. The van der Waals surface area contributed by atoms with Crippen molar-refractivity contribution in [3.05, 3.63) is 89.5 Å². The van der Waals surface area contributed by atoms with E-state index in [9.17, 15) is 26.7 Å². The molecule has 0 saturated carbocycles. The number of nitrogens with one attached hydrogen (secondary N) is 1. The molecular formula is C27H23F5N2O2. The molecule has 0 radical (unpaired) electrons. The number of nitrogens with zero attached hydrogens (tertiary/aromatic N) is 1. The maximum absolute atomic E-state index is 14.4. The minimum atomic E-state index is -4.77. The summed E-state index contributed by atoms with van der Waals surface area (Å²) in [6, 6.07) is 15.4. The summed E-state index contributed by atoms with van der Waals surface area (Å²) in [6.07, 6.45) is -3.95. The molecule has 188 valence electrons. The van der Waals surface area contributed by atoms with Gasteiger partial charge in [-0.15, -0.1) is 13.2 Å². The van der Waals surface area contributed by atoms with Gasteiger partial charge in [-0.05, 0) is 47.4 Å². The summed E-state index contributed by atoms with van der Waals surface area (Å²) < 4.78 is 69.9. The van der Waals surface area contributed by atoms with Crippen molar-refractivity contribution in [1.29, 1.82) is 0 Å². The summed E-state index contributed by atoms with van der Waals surface area (Å²) >= 11 is 0. The minimum absolute atomic E-state index is 0.0838. The van der Waals surface area contributed by atoms with Gasteiger partial charge in [0.1, 0.15) is 17.4 Å². The van der Waals surface area contributed by atoms with E-state index >= 15 is 0 Å². The Labute approximate surface area is 204 Å². The summed E-state index contributed by atoms with van der Waals surface area (Å²) in [4.78, 5) is 17.5. The molecule has 0 spiro atoms. The summed E-state index contributed by atoms with van der Waals surface area (Å²) in [5.41, 5.74) is 2.03. The van der Waals surface area contributed by atoms with Crippen molar-refractivity contribution in [2.45, 2.75) is 32.2 Å². The molecule has 1 aliphatic rings. The molecule has 0 aliphatic carbocycles. The lowest BCUT2D eigenvalue weighted by Crippen LogP contribution is -2.33. The number of hydrogen-bond acceptors (Lipinski definition) is 3. The van der Waals surface area contributed by atoms with Crippen molar-refractivity contribution in [3.8, 4) is 16.9 Å². The van der Waals surface area contributed by atoms with E-state index in [-0.39, 0.29) is 29.4 Å². The fourth-order valence-electron chi connectivity index (χ4n) is 4.21. The lowest BCUT2D eigenvalue weighted by atomic mass is 9.90. The smallest absolute Gasteiger partial charge is 0.406 e. The largest absolute Gasteiger partial charge is 0.573 e. The third kappa shape index (κ3) is 5.72. The van der Waals surface area contributed by atoms with Crippen LogP contribution < -0.4 is 10.1 Å². The molecule has 0 unspecified atom stereocenters. The van der Waals surface area contributed by atoms with E-state index in [1.165, 1.54) is 30.3 Å². The number of hydrogen-bond donors (Lipinski definition) is 1. The van der Waals surface area contributed by atoms with E-state index in [0.717, 1.165) is 24.1 Å². The Balaban J connectivity index is 1.62. The topological polar surface area (TPSA) is 50.7 Å². The number of aliphatic imine (C=N–C) groups is 1. The van der Waals surface area contributed by atoms with Gasteiger partial charge in [0.05, 0.1) is 17.5 Å². The Morgan fingerprint density at radius 1 is 0.972 bits per heavy atom. The monoisotopic (exact) mass is 502 g/mol. The molecule has 0 aromatic heterocycles. The van der Waals surface area contributed by atoms with Crippen LogP contribution in [-0.4, -0.2) is 24.5 Å². The summed E-state index contributed by atoms with van der Waals surface area (Å²) in [5, 5.41) is 2.84. The molecule has 2 atom stereocenters. The lowest BCUT2D eigenvalue weighted by molar-refractivity contribution is -0.274. The number of carbonyl (C=O) groups is 1. The van der Waals surface area contributed by atoms with E-state index in [1.54, 1.807) is 24.3 Å². The normalized spacial score (nSPS) is 17.6. The molecule has 4 rings (SSSR count). The van der Waals surface area contributed by atoms with E-state index in [1.807, 2.05) is 6.92 Å². The van der Waals surface area contributed by atoms with Crippen LogP contribution in [0.3, 0.4) is 0 Å². The Morgan fingerprint density at radius 2 is 1.56 bits per heavy atom. The van der Waals surface area contributed by atoms with Crippen molar-refractivity contribution in [2.75, 3.05) is 6.54 Å². The SMILES string of the molecule is CCCNC(=O)[C@H]1CC(c2c(F)cccc2F)=N[C@H]1c1ccc(-c2ccc(OC(F)(F)F)cc2)cc1. The average Bonchev–Trinajstić information content (AvgIpc) is 3.27. The standard InChI is InChI=1S/C27H23F5N2O2/c1-2-14-33-26(35)20-15-23(24-21(28)4-3-5-22(24)29)34-25(20)18-8-6-16(7-9-18)17-10-12-19(13-11-17)36-27(30,31)32/h3-13,20,25H,2,14-15H2,1H3,(H,33,35)/t20-,25-/m0/s1. The van der Waals surface area contributed by atoms with E-state index in [4.69, 9.17) is 0 Å². The summed E-state index contributed by atoms with van der Waals surface area (Å²) in [5.74, 6) is -2.69. The number of amides is 1. The van der Waals surface area contributed by atoms with Gasteiger partial charge in [0.2, 0.25) is 5.91 Å². The molecule has 4 nitrogen and oxygen atoms in total. The first-order valence-corrected chi connectivity index (χ1v) is 11.4. The van der Waals surface area contributed by atoms with E-state index in [0.29, 0.717) is 17.7 Å². The zero-order valence-corrected chi connectivity index (χ0v) is 19.3. The van der Waals surface area contributed by atoms with Crippen LogP contribution in [0.15, 0.2) is 71.7 Å². The van der Waals surface area contributed by atoms with Gasteiger partial charge in [0.25, 0.3) is 0 Å². The molecule has 36 heavy (non-hydrogen) atoms. The molecule has 9 heteroatoms. The third-order valence-corrected chi connectivity index (χ3v) is 5.90. The summed E-state index contributed by atoms with van der Waals surface area (Å²) in [7, 11) is 0. The van der Waals surface area contributed by atoms with Crippen LogP contribution in [0.5, 0.6) is 5.75 Å². The minimum Gasteiger partial charge on any atom is -0.406 e. The Morgan fingerprint density at radius 3 is 2.11 bits per heavy atom. The summed E-state index contributed by atoms with van der Waals surface area (Å²) in [6.45, 7) is 2.39. The van der Waals surface area contributed by atoms with Gasteiger partial charge in [-0.1, -0.05) is 49.4 Å². The molecule has 3 aromatic rings. The second kappa shape index (κ2) is 10.5. The molecule has 1 amide bonds. The lowest BCUT2D eigenvalue weighted by Gasteiger charge is -2.18. The first-order chi connectivity index (χ1) is 17.2. The maximum Gasteiger partial charge on any atom is 0.573 e. The van der Waals surface area contributed by atoms with Crippen molar-refractivity contribution >= 4 is 11.6 Å². The van der Waals surface area contributed by atoms with Crippen molar-refractivity contribution < 1.29 is 31.5 Å². The molecule has 1 heterocycles. The predicted molar refractivity (Wildman–Crippen MR) is 126 cm³/mol. The molecule has 1 N–H and O–H groups in total. The average molecular weight is 502 g/mol. The van der Waals surface area contributed by atoms with Gasteiger partial charge in [-0.2, -0.15) is 0 Å². The Hall–Kier alpha value is -3.75. The van der Waals surface area contributed by atoms with Gasteiger partial charge >= 0.3 is 6.36 Å². The fourth-order valence-corrected chi connectivity index (χ4v) is 4.21. The fraction of sp³-hybridized carbons (Fsp3) is 0.259. The third-order valence-electron chi connectivity index (χ3n) is 5.90. The number of carbonyl (C=O) groups excluding carboxylic acids is 1. The molecule has 1 aliphatic heterocycles. The van der Waals surface area contributed by atoms with Gasteiger partial charge in [0, 0.05) is 18.7 Å². The highest BCUT2D eigenvalue weighted by atomic mass is 19.4. The first kappa shape index (κ1) is 25.3. The van der Waals surface area contributed by atoms with Gasteiger partial charge in [-0.25, -0.2) is 8.78 Å². The zero-order chi connectivity index (χ0) is 25.9. The highest BCUT2D eigenvalue weighted by Gasteiger charge is 2.37. The highest BCUT2D eigenvalue weighted by molar-refractivity contribution is 6.05. The van der Waals surface area contributed by atoms with Crippen LogP contribution in [-0.2, 0) is 4.79 Å². The van der Waals surface area contributed by atoms with Crippen LogP contribution >= 0.6 is 0 Å². The van der Waals surface area contributed by atoms with E-state index in [2.05, 4.69) is 15.0 Å². The Bertz CT molecular complexity index is 1230. The molecule has 0 saturated heterocycles. The van der Waals surface area contributed by atoms with Crippen molar-refractivity contribution in [1.82, 2.24) is 5.32 Å². The van der Waals surface area contributed by atoms with Crippen LogP contribution in [0.1, 0.15) is 36.9 Å². The van der Waals surface area contributed by atoms with E-state index < -0.39 is 30.0 Å². The van der Waals surface area contributed by atoms with Crippen LogP contribution in [0.2, 0.25) is 0 Å². The highest BCUT2D eigenvalue weighted by Crippen LogP contribution is 2.38. The van der Waals surface area contributed by atoms with Crippen LogP contribution in [0.25, 0.3) is 11.1 Å². The molecule has 0 bridgehead atoms. The first-order valence-electron chi connectivity index (χ1n) is 11.4. The second-order valence-corrected chi connectivity index (χ2v) is 8.41. The number of ether oxygens (including phenoxy) is 1. The predicted octanol–water partition coefficient (Wildman–Crippen LogP) is 6.61. The maximum atomic E-state index is 14.4. The van der Waals surface area contributed by atoms with Gasteiger partial charge in [0.15, 0.2) is 0 Å². The van der Waals surface area contributed by atoms with Gasteiger partial charge in [-0.3, -0.25) is 9.79 Å². The Kier molecular flexibility index (Phi) is 7.37. The zero-order valence-electron chi connectivity index (χ0n) is 19.3. The van der Waals surface area contributed by atoms with Crippen molar-refractivity contribution in [2.24, 2.45) is 10.9 Å².